The molecule has 1 amide bonds. The van der Waals surface area contributed by atoms with Gasteiger partial charge in [-0.2, -0.15) is 0 Å². The molecule has 2 rings (SSSR count). The van der Waals surface area contributed by atoms with Crippen molar-refractivity contribution in [1.82, 2.24) is 5.32 Å². The fourth-order valence-electron chi connectivity index (χ4n) is 2.65. The number of sulfonamides is 1. The molecule has 0 saturated heterocycles. The van der Waals surface area contributed by atoms with Gasteiger partial charge in [0.1, 0.15) is 12.4 Å². The summed E-state index contributed by atoms with van der Waals surface area (Å²) in [5, 5.41) is 2.65. The first kappa shape index (κ1) is 20.9. The first-order valence-electron chi connectivity index (χ1n) is 8.76. The van der Waals surface area contributed by atoms with E-state index < -0.39 is 15.9 Å². The highest BCUT2D eigenvalue weighted by atomic mass is 32.2. The van der Waals surface area contributed by atoms with Crippen molar-refractivity contribution in [3.63, 3.8) is 0 Å². The SMILES string of the molecule is CC(C)c1ccc(N(CC(=O)NCCc2ccccc2F)S(C)(=O)=O)cc1. The number of benzene rings is 2. The lowest BCUT2D eigenvalue weighted by molar-refractivity contribution is -0.119. The molecule has 5 nitrogen and oxygen atoms in total. The van der Waals surface area contributed by atoms with Crippen LogP contribution < -0.4 is 9.62 Å². The van der Waals surface area contributed by atoms with Crippen LogP contribution in [0, 0.1) is 5.82 Å². The summed E-state index contributed by atoms with van der Waals surface area (Å²) in [5.74, 6) is -0.438. The number of carbonyl (C=O) groups is 1. The van der Waals surface area contributed by atoms with E-state index in [1.807, 2.05) is 26.0 Å². The Hall–Kier alpha value is -2.41. The Labute approximate surface area is 160 Å². The Balaban J connectivity index is 2.01. The van der Waals surface area contributed by atoms with Crippen LogP contribution in [0.1, 0.15) is 30.9 Å². The zero-order chi connectivity index (χ0) is 20.0. The van der Waals surface area contributed by atoms with Crippen LogP contribution in [0.4, 0.5) is 10.1 Å². The molecule has 0 aliphatic carbocycles. The van der Waals surface area contributed by atoms with Crippen LogP contribution in [0.2, 0.25) is 0 Å². The zero-order valence-electron chi connectivity index (χ0n) is 15.8. The minimum absolute atomic E-state index is 0.226. The molecule has 1 N–H and O–H groups in total. The van der Waals surface area contributed by atoms with Gasteiger partial charge in [-0.3, -0.25) is 9.10 Å². The number of carbonyl (C=O) groups excluding carboxylic acids is 1. The number of hydrogen-bond acceptors (Lipinski definition) is 3. The number of nitrogens with zero attached hydrogens (tertiary/aromatic N) is 1. The molecule has 0 aromatic heterocycles. The maximum atomic E-state index is 13.6. The molecule has 146 valence electrons. The Bertz CT molecular complexity index is 880. The van der Waals surface area contributed by atoms with Crippen molar-refractivity contribution in [2.45, 2.75) is 26.2 Å². The number of amides is 1. The van der Waals surface area contributed by atoms with E-state index in [-0.39, 0.29) is 18.9 Å². The highest BCUT2D eigenvalue weighted by molar-refractivity contribution is 7.92. The quantitative estimate of drug-likeness (QED) is 0.751. The number of halogens is 1. The van der Waals surface area contributed by atoms with Gasteiger partial charge in [0.15, 0.2) is 0 Å². The topological polar surface area (TPSA) is 66.5 Å². The maximum Gasteiger partial charge on any atom is 0.240 e. The largest absolute Gasteiger partial charge is 0.354 e. The summed E-state index contributed by atoms with van der Waals surface area (Å²) < 4.78 is 38.9. The molecular formula is C20H25FN2O3S. The van der Waals surface area contributed by atoms with Crippen LogP contribution in [-0.4, -0.2) is 33.7 Å². The van der Waals surface area contributed by atoms with Gasteiger partial charge < -0.3 is 5.32 Å². The number of hydrogen-bond donors (Lipinski definition) is 1. The van der Waals surface area contributed by atoms with Crippen LogP contribution in [0.15, 0.2) is 48.5 Å². The summed E-state index contributed by atoms with van der Waals surface area (Å²) in [7, 11) is -3.62. The second kappa shape index (κ2) is 8.99. The van der Waals surface area contributed by atoms with Gasteiger partial charge in [-0.1, -0.05) is 44.2 Å². The van der Waals surface area contributed by atoms with Crippen molar-refractivity contribution in [1.29, 1.82) is 0 Å². The van der Waals surface area contributed by atoms with Crippen LogP contribution in [0.3, 0.4) is 0 Å². The fraction of sp³-hybridized carbons (Fsp3) is 0.350. The van der Waals surface area contributed by atoms with Crippen LogP contribution >= 0.6 is 0 Å². The molecule has 0 heterocycles. The molecule has 0 aliphatic heterocycles. The zero-order valence-corrected chi connectivity index (χ0v) is 16.6. The minimum atomic E-state index is -3.62. The van der Waals surface area contributed by atoms with E-state index in [0.29, 0.717) is 23.6 Å². The van der Waals surface area contributed by atoms with Gasteiger partial charge in [-0.05, 0) is 41.7 Å². The Morgan fingerprint density at radius 2 is 1.74 bits per heavy atom. The number of nitrogens with one attached hydrogen (secondary N) is 1. The number of rotatable bonds is 8. The van der Waals surface area contributed by atoms with Crippen molar-refractivity contribution in [3.05, 3.63) is 65.5 Å². The van der Waals surface area contributed by atoms with E-state index >= 15 is 0 Å². The van der Waals surface area contributed by atoms with Gasteiger partial charge in [0.2, 0.25) is 15.9 Å². The molecule has 0 atom stereocenters. The summed E-state index contributed by atoms with van der Waals surface area (Å²) in [6.07, 6.45) is 1.40. The van der Waals surface area contributed by atoms with E-state index in [1.54, 1.807) is 30.3 Å². The molecule has 0 spiro atoms. The van der Waals surface area contributed by atoms with Gasteiger partial charge in [0, 0.05) is 6.54 Å². The third kappa shape index (κ3) is 6.06. The molecule has 7 heteroatoms. The summed E-state index contributed by atoms with van der Waals surface area (Å²) in [6.45, 7) is 4.00. The summed E-state index contributed by atoms with van der Waals surface area (Å²) in [6, 6.07) is 13.5. The van der Waals surface area contributed by atoms with Crippen molar-refractivity contribution in [3.8, 4) is 0 Å². The summed E-state index contributed by atoms with van der Waals surface area (Å²) >= 11 is 0. The first-order chi connectivity index (χ1) is 12.7. The van der Waals surface area contributed by atoms with Gasteiger partial charge in [0.05, 0.1) is 11.9 Å². The molecule has 0 fully saturated rings. The normalized spacial score (nSPS) is 11.4. The van der Waals surface area contributed by atoms with E-state index in [9.17, 15) is 17.6 Å². The lowest BCUT2D eigenvalue weighted by Crippen LogP contribution is -2.41. The van der Waals surface area contributed by atoms with Crippen molar-refractivity contribution >= 4 is 21.6 Å². The van der Waals surface area contributed by atoms with Crippen molar-refractivity contribution < 1.29 is 17.6 Å². The van der Waals surface area contributed by atoms with Crippen LogP contribution in [0.5, 0.6) is 0 Å². The lowest BCUT2D eigenvalue weighted by Gasteiger charge is -2.22. The third-order valence-electron chi connectivity index (χ3n) is 4.21. The molecule has 2 aromatic carbocycles. The molecule has 0 unspecified atom stereocenters. The third-order valence-corrected chi connectivity index (χ3v) is 5.35. The van der Waals surface area contributed by atoms with Crippen LogP contribution in [0.25, 0.3) is 0 Å². The van der Waals surface area contributed by atoms with E-state index in [0.717, 1.165) is 16.1 Å². The Kier molecular flexibility index (Phi) is 6.96. The first-order valence-corrected chi connectivity index (χ1v) is 10.6. The Morgan fingerprint density at radius 1 is 1.11 bits per heavy atom. The van der Waals surface area contributed by atoms with Crippen molar-refractivity contribution in [2.75, 3.05) is 23.7 Å². The molecular weight excluding hydrogens is 367 g/mol. The second-order valence-electron chi connectivity index (χ2n) is 6.71. The molecule has 27 heavy (non-hydrogen) atoms. The molecule has 0 radical (unpaired) electrons. The highest BCUT2D eigenvalue weighted by Crippen LogP contribution is 2.21. The average Bonchev–Trinajstić information content (AvgIpc) is 2.60. The van der Waals surface area contributed by atoms with Gasteiger partial charge in [-0.15, -0.1) is 0 Å². The summed E-state index contributed by atoms with van der Waals surface area (Å²) in [4.78, 5) is 12.2. The molecule has 2 aromatic rings. The van der Waals surface area contributed by atoms with Gasteiger partial charge in [-0.25, -0.2) is 12.8 Å². The highest BCUT2D eigenvalue weighted by Gasteiger charge is 2.20. The molecule has 0 bridgehead atoms. The Morgan fingerprint density at radius 3 is 2.30 bits per heavy atom. The molecule has 0 aliphatic rings. The summed E-state index contributed by atoms with van der Waals surface area (Å²) in [5.41, 5.74) is 2.02. The number of anilines is 1. The lowest BCUT2D eigenvalue weighted by atomic mass is 10.0. The van der Waals surface area contributed by atoms with Crippen molar-refractivity contribution in [2.24, 2.45) is 0 Å². The predicted molar refractivity (Wildman–Crippen MR) is 106 cm³/mol. The van der Waals surface area contributed by atoms with E-state index in [4.69, 9.17) is 0 Å². The van der Waals surface area contributed by atoms with E-state index in [2.05, 4.69) is 5.32 Å². The average molecular weight is 392 g/mol. The predicted octanol–water partition coefficient (Wildman–Crippen LogP) is 3.07. The van der Waals surface area contributed by atoms with Crippen LogP contribution in [-0.2, 0) is 21.2 Å². The fourth-order valence-corrected chi connectivity index (χ4v) is 3.51. The second-order valence-corrected chi connectivity index (χ2v) is 8.61. The standard InChI is InChI=1S/C20H25FN2O3S/c1-15(2)16-8-10-18(11-9-16)23(27(3,25)26)14-20(24)22-13-12-17-6-4-5-7-19(17)21/h4-11,15H,12-14H2,1-3H3,(H,22,24). The van der Waals surface area contributed by atoms with Gasteiger partial charge >= 0.3 is 0 Å². The smallest absolute Gasteiger partial charge is 0.240 e. The maximum absolute atomic E-state index is 13.6. The van der Waals surface area contributed by atoms with Gasteiger partial charge in [0.25, 0.3) is 0 Å². The van der Waals surface area contributed by atoms with E-state index in [1.165, 1.54) is 6.07 Å². The minimum Gasteiger partial charge on any atom is -0.354 e. The monoisotopic (exact) mass is 392 g/mol. The molecule has 0 saturated carbocycles.